The van der Waals surface area contributed by atoms with Gasteiger partial charge in [0.05, 0.1) is 42.1 Å². The first-order valence-corrected chi connectivity index (χ1v) is 18.7. The molecule has 0 unspecified atom stereocenters. The van der Waals surface area contributed by atoms with E-state index in [9.17, 15) is 13.0 Å². The zero-order chi connectivity index (χ0) is 30.0. The monoisotopic (exact) mass is 581 g/mol. The van der Waals surface area contributed by atoms with Gasteiger partial charge in [0.1, 0.15) is 0 Å². The highest BCUT2D eigenvalue weighted by Crippen LogP contribution is 2.18. The van der Waals surface area contributed by atoms with Crippen molar-refractivity contribution in [2.45, 2.75) is 162 Å². The van der Waals surface area contributed by atoms with Crippen LogP contribution in [0.3, 0.4) is 0 Å². The molecule has 0 spiro atoms. The minimum absolute atomic E-state index is 0.388. The van der Waals surface area contributed by atoms with Crippen LogP contribution in [0.1, 0.15) is 161 Å². The average Bonchev–Trinajstić information content (AvgIpc) is 2.93. The molecular formula is C35H67NO3S. The highest BCUT2D eigenvalue weighted by Gasteiger charge is 2.24. The third-order valence-corrected chi connectivity index (χ3v) is 8.86. The van der Waals surface area contributed by atoms with Crippen LogP contribution in [-0.2, 0) is 22.3 Å². The Bertz CT molecular complexity index is 756. The highest BCUT2D eigenvalue weighted by molar-refractivity contribution is 7.84. The lowest BCUT2D eigenvalue weighted by Gasteiger charge is -2.39. The summed E-state index contributed by atoms with van der Waals surface area (Å²) in [5.74, 6) is -0.388. The zero-order valence-electron chi connectivity index (χ0n) is 27.4. The molecule has 0 N–H and O–H groups in total. The Kier molecular flexibility index (Phi) is 25.2. The normalized spacial score (nSPS) is 11.8. The second kappa shape index (κ2) is 25.8. The molecule has 0 bridgehead atoms. The molecule has 0 fully saturated rings. The van der Waals surface area contributed by atoms with Crippen molar-refractivity contribution in [3.63, 3.8) is 0 Å². The van der Waals surface area contributed by atoms with Crippen LogP contribution in [0.4, 0.5) is 0 Å². The molecule has 0 aromatic heterocycles. The number of nitrogens with zero attached hydrogens (tertiary/aromatic N) is 1. The number of hydrogen-bond acceptors (Lipinski definition) is 3. The molecular weight excluding hydrogens is 514 g/mol. The first-order chi connectivity index (χ1) is 19.3. The van der Waals surface area contributed by atoms with E-state index in [0.29, 0.717) is 5.56 Å². The molecule has 1 aromatic rings. The van der Waals surface area contributed by atoms with Crippen LogP contribution < -0.4 is 0 Å². The summed E-state index contributed by atoms with van der Waals surface area (Å²) in [5, 5.41) is 0. The summed E-state index contributed by atoms with van der Waals surface area (Å²) in [7, 11) is -4.20. The summed E-state index contributed by atoms with van der Waals surface area (Å²) < 4.78 is 34.2. The summed E-state index contributed by atoms with van der Waals surface area (Å²) in [6, 6.07) is 7.39. The summed E-state index contributed by atoms with van der Waals surface area (Å²) in [6.45, 7) is 17.3. The molecule has 0 aliphatic heterocycles. The molecule has 40 heavy (non-hydrogen) atoms. The van der Waals surface area contributed by atoms with Crippen molar-refractivity contribution in [2.75, 3.05) is 26.2 Å². The maximum atomic E-state index is 10.9. The van der Waals surface area contributed by atoms with Crippen molar-refractivity contribution < 1.29 is 17.5 Å². The molecule has 236 valence electrons. The van der Waals surface area contributed by atoms with Crippen LogP contribution in [0, 0.1) is 0 Å². The fraction of sp³-hybridized carbons (Fsp3) is 0.829. The molecule has 1 aromatic carbocycles. The van der Waals surface area contributed by atoms with E-state index in [1.165, 1.54) is 140 Å². The van der Waals surface area contributed by atoms with Crippen LogP contribution in [0.25, 0.3) is 0 Å². The van der Waals surface area contributed by atoms with Crippen LogP contribution >= 0.6 is 0 Å². The van der Waals surface area contributed by atoms with E-state index in [2.05, 4.69) is 34.6 Å². The van der Waals surface area contributed by atoms with Gasteiger partial charge in [-0.25, -0.2) is 8.42 Å². The van der Waals surface area contributed by atoms with E-state index in [1.807, 2.05) is 12.1 Å². The minimum Gasteiger partial charge on any atom is -0.748 e. The number of benzene rings is 1. The average molecular weight is 582 g/mol. The SMILES string of the molecule is CCCCCCCCCCCCc1ccccc1CS(=O)(=O)[O-].CCCC[N+](CCCC)(CCCC)CCCC. The molecule has 0 atom stereocenters. The Morgan fingerprint density at radius 3 is 1.25 bits per heavy atom. The number of unbranched alkanes of at least 4 members (excludes halogenated alkanes) is 13. The first-order valence-electron chi connectivity index (χ1n) is 17.1. The van der Waals surface area contributed by atoms with Gasteiger partial charge in [-0.1, -0.05) is 142 Å². The molecule has 0 amide bonds. The molecule has 0 heterocycles. The zero-order valence-corrected chi connectivity index (χ0v) is 28.2. The van der Waals surface area contributed by atoms with Crippen molar-refractivity contribution >= 4 is 10.1 Å². The second-order valence-corrected chi connectivity index (χ2v) is 13.5. The minimum atomic E-state index is -4.20. The Labute approximate surface area is 251 Å². The van der Waals surface area contributed by atoms with Gasteiger partial charge in [-0.2, -0.15) is 0 Å². The van der Waals surface area contributed by atoms with Gasteiger partial charge in [-0.15, -0.1) is 0 Å². The quantitative estimate of drug-likeness (QED) is 0.0655. The second-order valence-electron chi connectivity index (χ2n) is 12.1. The molecule has 0 saturated heterocycles. The first kappa shape index (κ1) is 39.1. The highest BCUT2D eigenvalue weighted by atomic mass is 32.2. The van der Waals surface area contributed by atoms with E-state index >= 15 is 0 Å². The Morgan fingerprint density at radius 2 is 0.875 bits per heavy atom. The Morgan fingerprint density at radius 1 is 0.525 bits per heavy atom. The lowest BCUT2D eigenvalue weighted by atomic mass is 10.0. The molecule has 0 aliphatic rings. The van der Waals surface area contributed by atoms with Gasteiger partial charge < -0.3 is 9.04 Å². The molecule has 5 heteroatoms. The molecule has 0 aliphatic carbocycles. The summed E-state index contributed by atoms with van der Waals surface area (Å²) in [5.41, 5.74) is 1.67. The maximum absolute atomic E-state index is 10.9. The predicted octanol–water partition coefficient (Wildman–Crippen LogP) is 10.2. The largest absolute Gasteiger partial charge is 0.748 e. The van der Waals surface area contributed by atoms with Crippen LogP contribution in [0.2, 0.25) is 0 Å². The number of rotatable bonds is 25. The summed E-state index contributed by atoms with van der Waals surface area (Å²) in [4.78, 5) is 0. The smallest absolute Gasteiger partial charge is 0.0988 e. The third kappa shape index (κ3) is 21.8. The van der Waals surface area contributed by atoms with Gasteiger partial charge >= 0.3 is 0 Å². The van der Waals surface area contributed by atoms with Crippen molar-refractivity contribution in [1.82, 2.24) is 0 Å². The standard InChI is InChI=1S/C19H32O3S.C16H36N/c1-2-3-4-5-6-7-8-9-10-11-14-18-15-12-13-16-19(18)17-23(20,21)22;1-5-9-13-17(14-10-6-2,15-11-7-3)16-12-8-4/h12-13,15-16H,2-11,14,17H2,1H3,(H,20,21,22);5-16H2,1-4H3/q;+1/p-1. The fourth-order valence-corrected chi connectivity index (χ4v) is 6.24. The van der Waals surface area contributed by atoms with E-state index in [0.717, 1.165) is 18.4 Å². The van der Waals surface area contributed by atoms with Gasteiger partial charge in [0.2, 0.25) is 0 Å². The summed E-state index contributed by atoms with van der Waals surface area (Å²) >= 11 is 0. The van der Waals surface area contributed by atoms with Crippen LogP contribution in [0.5, 0.6) is 0 Å². The maximum Gasteiger partial charge on any atom is 0.0988 e. The Balaban J connectivity index is 0.000000799. The molecule has 0 radical (unpaired) electrons. The third-order valence-electron chi connectivity index (χ3n) is 8.19. The summed E-state index contributed by atoms with van der Waals surface area (Å²) in [6.07, 6.45) is 24.8. The fourth-order valence-electron chi connectivity index (χ4n) is 5.58. The van der Waals surface area contributed by atoms with Gasteiger partial charge in [0.15, 0.2) is 0 Å². The van der Waals surface area contributed by atoms with E-state index in [-0.39, 0.29) is 5.75 Å². The number of hydrogen-bond donors (Lipinski definition) is 0. The topological polar surface area (TPSA) is 57.2 Å². The molecule has 4 nitrogen and oxygen atoms in total. The van der Waals surface area contributed by atoms with Gasteiger partial charge in [0.25, 0.3) is 0 Å². The van der Waals surface area contributed by atoms with E-state index in [1.54, 1.807) is 12.1 Å². The Hall–Kier alpha value is -0.910. The van der Waals surface area contributed by atoms with Crippen molar-refractivity contribution in [2.24, 2.45) is 0 Å². The van der Waals surface area contributed by atoms with Crippen LogP contribution in [-0.4, -0.2) is 43.6 Å². The van der Waals surface area contributed by atoms with E-state index in [4.69, 9.17) is 0 Å². The molecule has 1 rings (SSSR count). The van der Waals surface area contributed by atoms with Gasteiger partial charge in [-0.3, -0.25) is 0 Å². The van der Waals surface area contributed by atoms with Gasteiger partial charge in [-0.05, 0) is 49.7 Å². The lowest BCUT2D eigenvalue weighted by Crippen LogP contribution is -2.50. The molecule has 0 saturated carbocycles. The number of aryl methyl sites for hydroxylation is 1. The van der Waals surface area contributed by atoms with Crippen molar-refractivity contribution in [3.8, 4) is 0 Å². The predicted molar refractivity (Wildman–Crippen MR) is 175 cm³/mol. The van der Waals surface area contributed by atoms with E-state index < -0.39 is 10.1 Å². The van der Waals surface area contributed by atoms with Crippen molar-refractivity contribution in [1.29, 1.82) is 0 Å². The van der Waals surface area contributed by atoms with Crippen molar-refractivity contribution in [3.05, 3.63) is 35.4 Å². The number of quaternary nitrogens is 1. The van der Waals surface area contributed by atoms with Gasteiger partial charge in [0, 0.05) is 0 Å². The lowest BCUT2D eigenvalue weighted by molar-refractivity contribution is -0.929. The van der Waals surface area contributed by atoms with Crippen LogP contribution in [0.15, 0.2) is 24.3 Å².